The number of thiazole rings is 1. The van der Waals surface area contributed by atoms with Crippen molar-refractivity contribution in [2.45, 2.75) is 19.1 Å². The highest BCUT2D eigenvalue weighted by atomic mass is 32.1. The standard InChI is InChI=1S/C10H13N3OS/c1-10(6-11-7-10)14-5-8-4-13-2-3-15-9(13)12-8/h2-4,11H,5-7H2,1H3. The van der Waals surface area contributed by atoms with E-state index in [1.165, 1.54) is 0 Å². The Morgan fingerprint density at radius 2 is 2.53 bits per heavy atom. The van der Waals surface area contributed by atoms with Crippen molar-refractivity contribution in [3.8, 4) is 0 Å². The van der Waals surface area contributed by atoms with Crippen molar-refractivity contribution >= 4 is 16.3 Å². The van der Waals surface area contributed by atoms with Gasteiger partial charge in [-0.1, -0.05) is 0 Å². The van der Waals surface area contributed by atoms with E-state index in [2.05, 4.69) is 17.2 Å². The topological polar surface area (TPSA) is 38.6 Å². The van der Waals surface area contributed by atoms with Crippen molar-refractivity contribution in [3.63, 3.8) is 0 Å². The average molecular weight is 223 g/mol. The molecule has 0 amide bonds. The molecule has 2 aromatic heterocycles. The van der Waals surface area contributed by atoms with Gasteiger partial charge in [-0.3, -0.25) is 4.40 Å². The molecule has 0 saturated carbocycles. The minimum absolute atomic E-state index is 0.0110. The summed E-state index contributed by atoms with van der Waals surface area (Å²) in [6, 6.07) is 0. The Balaban J connectivity index is 1.70. The van der Waals surface area contributed by atoms with Gasteiger partial charge in [0.15, 0.2) is 4.96 Å². The maximum Gasteiger partial charge on any atom is 0.193 e. The molecule has 3 rings (SSSR count). The molecule has 0 unspecified atom stereocenters. The molecule has 0 aliphatic carbocycles. The fourth-order valence-corrected chi connectivity index (χ4v) is 2.39. The molecule has 0 radical (unpaired) electrons. The van der Waals surface area contributed by atoms with Gasteiger partial charge in [0.05, 0.1) is 17.9 Å². The van der Waals surface area contributed by atoms with E-state index in [-0.39, 0.29) is 5.60 Å². The van der Waals surface area contributed by atoms with E-state index in [0.717, 1.165) is 23.7 Å². The van der Waals surface area contributed by atoms with Crippen molar-refractivity contribution in [2.75, 3.05) is 13.1 Å². The molecule has 0 aromatic carbocycles. The van der Waals surface area contributed by atoms with Gasteiger partial charge in [0.25, 0.3) is 0 Å². The second-order valence-electron chi connectivity index (χ2n) is 4.17. The lowest BCUT2D eigenvalue weighted by Crippen LogP contribution is -2.58. The zero-order valence-corrected chi connectivity index (χ0v) is 9.38. The van der Waals surface area contributed by atoms with Crippen molar-refractivity contribution in [1.29, 1.82) is 0 Å². The van der Waals surface area contributed by atoms with Gasteiger partial charge < -0.3 is 10.1 Å². The van der Waals surface area contributed by atoms with Crippen LogP contribution in [0.4, 0.5) is 0 Å². The van der Waals surface area contributed by atoms with Gasteiger partial charge in [-0.2, -0.15) is 0 Å². The first-order valence-corrected chi connectivity index (χ1v) is 5.89. The molecule has 5 heteroatoms. The first-order valence-electron chi connectivity index (χ1n) is 5.01. The molecular weight excluding hydrogens is 210 g/mol. The van der Waals surface area contributed by atoms with Gasteiger partial charge in [-0.25, -0.2) is 4.98 Å². The Kier molecular flexibility index (Phi) is 2.05. The Morgan fingerprint density at radius 1 is 1.67 bits per heavy atom. The van der Waals surface area contributed by atoms with Gasteiger partial charge >= 0.3 is 0 Å². The highest BCUT2D eigenvalue weighted by Crippen LogP contribution is 2.18. The zero-order chi connectivity index (χ0) is 10.3. The molecule has 4 nitrogen and oxygen atoms in total. The van der Waals surface area contributed by atoms with Crippen LogP contribution in [0.2, 0.25) is 0 Å². The summed E-state index contributed by atoms with van der Waals surface area (Å²) >= 11 is 1.65. The molecule has 1 N–H and O–H groups in total. The van der Waals surface area contributed by atoms with E-state index in [9.17, 15) is 0 Å². The molecule has 0 bridgehead atoms. The van der Waals surface area contributed by atoms with Gasteiger partial charge in [0.1, 0.15) is 0 Å². The summed E-state index contributed by atoms with van der Waals surface area (Å²) in [7, 11) is 0. The van der Waals surface area contributed by atoms with Crippen LogP contribution < -0.4 is 5.32 Å². The van der Waals surface area contributed by atoms with Crippen LogP contribution in [0, 0.1) is 0 Å². The zero-order valence-electron chi connectivity index (χ0n) is 8.56. The maximum atomic E-state index is 5.82. The van der Waals surface area contributed by atoms with Crippen LogP contribution in [-0.4, -0.2) is 28.1 Å². The smallest absolute Gasteiger partial charge is 0.193 e. The van der Waals surface area contributed by atoms with E-state index >= 15 is 0 Å². The highest BCUT2D eigenvalue weighted by Gasteiger charge is 2.32. The average Bonchev–Trinajstić information content (AvgIpc) is 2.70. The number of rotatable bonds is 3. The number of hydrogen-bond acceptors (Lipinski definition) is 4. The molecule has 1 aliphatic heterocycles. The molecule has 1 saturated heterocycles. The van der Waals surface area contributed by atoms with E-state index in [1.54, 1.807) is 11.3 Å². The molecule has 2 aromatic rings. The number of hydrogen-bond donors (Lipinski definition) is 1. The lowest BCUT2D eigenvalue weighted by Gasteiger charge is -2.38. The minimum Gasteiger partial charge on any atom is -0.366 e. The second-order valence-corrected chi connectivity index (χ2v) is 5.04. The molecule has 1 fully saturated rings. The lowest BCUT2D eigenvalue weighted by atomic mass is 10.0. The maximum absolute atomic E-state index is 5.82. The van der Waals surface area contributed by atoms with E-state index in [4.69, 9.17) is 4.74 Å². The molecular formula is C10H13N3OS. The van der Waals surface area contributed by atoms with Crippen molar-refractivity contribution < 1.29 is 4.74 Å². The number of fused-ring (bicyclic) bond motifs is 1. The highest BCUT2D eigenvalue weighted by molar-refractivity contribution is 7.15. The molecule has 80 valence electrons. The Labute approximate surface area is 91.9 Å². The largest absolute Gasteiger partial charge is 0.366 e. The van der Waals surface area contributed by atoms with Crippen molar-refractivity contribution in [3.05, 3.63) is 23.5 Å². The van der Waals surface area contributed by atoms with Gasteiger partial charge in [-0.15, -0.1) is 11.3 Å². The van der Waals surface area contributed by atoms with E-state index < -0.39 is 0 Å². The normalized spacial score (nSPS) is 19.3. The van der Waals surface area contributed by atoms with Crippen LogP contribution in [0.25, 0.3) is 4.96 Å². The summed E-state index contributed by atoms with van der Waals surface area (Å²) < 4.78 is 7.85. The predicted molar refractivity (Wildman–Crippen MR) is 59.1 cm³/mol. The first kappa shape index (κ1) is 9.33. The molecule has 0 atom stereocenters. The molecule has 15 heavy (non-hydrogen) atoms. The summed E-state index contributed by atoms with van der Waals surface area (Å²) in [6.07, 6.45) is 4.05. The monoisotopic (exact) mass is 223 g/mol. The van der Waals surface area contributed by atoms with Crippen LogP contribution in [0.3, 0.4) is 0 Å². The number of imidazole rings is 1. The summed E-state index contributed by atoms with van der Waals surface area (Å²) in [5.41, 5.74) is 1.02. The summed E-state index contributed by atoms with van der Waals surface area (Å²) in [5, 5.41) is 5.24. The fraction of sp³-hybridized carbons (Fsp3) is 0.500. The predicted octanol–water partition coefficient (Wildman–Crippen LogP) is 1.27. The number of aromatic nitrogens is 2. The van der Waals surface area contributed by atoms with Gasteiger partial charge in [-0.05, 0) is 6.92 Å². The van der Waals surface area contributed by atoms with Crippen LogP contribution in [-0.2, 0) is 11.3 Å². The fourth-order valence-electron chi connectivity index (χ4n) is 1.67. The minimum atomic E-state index is 0.0110. The van der Waals surface area contributed by atoms with Crippen LogP contribution in [0.5, 0.6) is 0 Å². The Hall–Kier alpha value is -0.910. The third-order valence-corrected chi connectivity index (χ3v) is 3.48. The van der Waals surface area contributed by atoms with Crippen LogP contribution in [0.1, 0.15) is 12.6 Å². The third-order valence-electron chi connectivity index (χ3n) is 2.71. The van der Waals surface area contributed by atoms with Crippen molar-refractivity contribution in [1.82, 2.24) is 14.7 Å². The molecule has 3 heterocycles. The Morgan fingerprint density at radius 3 is 3.20 bits per heavy atom. The van der Waals surface area contributed by atoms with Gasteiger partial charge in [0, 0.05) is 30.9 Å². The third kappa shape index (κ3) is 1.67. The SMILES string of the molecule is CC1(OCc2cn3ccsc3n2)CNC1. The van der Waals surface area contributed by atoms with E-state index in [1.807, 2.05) is 22.2 Å². The summed E-state index contributed by atoms with van der Waals surface area (Å²) in [4.78, 5) is 5.50. The van der Waals surface area contributed by atoms with Crippen LogP contribution >= 0.6 is 11.3 Å². The second kappa shape index (κ2) is 3.30. The Bertz CT molecular complexity index is 443. The summed E-state index contributed by atoms with van der Waals surface area (Å²) in [6.45, 7) is 4.61. The molecule has 1 aliphatic rings. The van der Waals surface area contributed by atoms with Crippen LogP contribution in [0.15, 0.2) is 17.8 Å². The number of ether oxygens (including phenoxy) is 1. The van der Waals surface area contributed by atoms with E-state index in [0.29, 0.717) is 6.61 Å². The van der Waals surface area contributed by atoms with Crippen molar-refractivity contribution in [2.24, 2.45) is 0 Å². The number of nitrogens with zero attached hydrogens (tertiary/aromatic N) is 2. The van der Waals surface area contributed by atoms with Gasteiger partial charge in [0.2, 0.25) is 0 Å². The quantitative estimate of drug-likeness (QED) is 0.851. The lowest BCUT2D eigenvalue weighted by molar-refractivity contribution is -0.0777. The first-order chi connectivity index (χ1) is 7.25. The number of nitrogens with one attached hydrogen (secondary N) is 1. The molecule has 0 spiro atoms. The summed E-state index contributed by atoms with van der Waals surface area (Å²) in [5.74, 6) is 0.